The number of halogens is 1. The molecule has 0 aliphatic carbocycles. The highest BCUT2D eigenvalue weighted by Crippen LogP contribution is 2.34. The van der Waals surface area contributed by atoms with E-state index < -0.39 is 0 Å². The summed E-state index contributed by atoms with van der Waals surface area (Å²) in [6, 6.07) is 32.1. The Morgan fingerprint density at radius 3 is 1.36 bits per heavy atom. The van der Waals surface area contributed by atoms with Crippen LogP contribution in [0.2, 0.25) is 0 Å². The average Bonchev–Trinajstić information content (AvgIpc) is 2.57. The van der Waals surface area contributed by atoms with Gasteiger partial charge in [0.1, 0.15) is 17.9 Å². The zero-order valence-corrected chi connectivity index (χ0v) is 13.4. The fourth-order valence-corrected chi connectivity index (χ4v) is 2.79. The summed E-state index contributed by atoms with van der Waals surface area (Å²) in [5.41, 5.74) is 3.94. The minimum Gasteiger partial charge on any atom is -1.00 e. The van der Waals surface area contributed by atoms with Crippen molar-refractivity contribution in [1.29, 1.82) is 0 Å². The molecule has 3 aromatic carbocycles. The van der Waals surface area contributed by atoms with E-state index in [1.165, 1.54) is 16.9 Å². The molecule has 0 bridgehead atoms. The third-order valence-electron chi connectivity index (χ3n) is 3.99. The van der Waals surface area contributed by atoms with Crippen LogP contribution < -0.4 is 16.9 Å². The maximum Gasteiger partial charge on any atom is 0.137 e. The fraction of sp³-hybridized carbons (Fsp3) is 0.100. The number of rotatable bonds is 4. The van der Waals surface area contributed by atoms with Gasteiger partial charge >= 0.3 is 0 Å². The van der Waals surface area contributed by atoms with Crippen molar-refractivity contribution in [3.8, 4) is 0 Å². The van der Waals surface area contributed by atoms with Crippen molar-refractivity contribution in [3.05, 3.63) is 96.6 Å². The second-order valence-corrected chi connectivity index (χ2v) is 5.51. The summed E-state index contributed by atoms with van der Waals surface area (Å²) in [6.45, 7) is 0.939. The summed E-state index contributed by atoms with van der Waals surface area (Å²) >= 11 is 0. The Kier molecular flexibility index (Phi) is 5.37. The SMILES string of the molecule is C[N+](Cc1ccccc1)(c1ccccc1)c1ccccc1.[Cl-]. The number of benzene rings is 3. The molecule has 0 aromatic heterocycles. The molecule has 1 nitrogen and oxygen atoms in total. The zero-order valence-electron chi connectivity index (χ0n) is 12.7. The Hall–Kier alpha value is -2.09. The van der Waals surface area contributed by atoms with Gasteiger partial charge in [-0.05, 0) is 24.3 Å². The molecule has 0 unspecified atom stereocenters. The third kappa shape index (κ3) is 3.38. The Morgan fingerprint density at radius 2 is 0.955 bits per heavy atom. The van der Waals surface area contributed by atoms with Crippen LogP contribution in [-0.2, 0) is 6.54 Å². The molecule has 0 amide bonds. The molecule has 0 aliphatic heterocycles. The lowest BCUT2D eigenvalue weighted by atomic mass is 10.1. The van der Waals surface area contributed by atoms with E-state index in [1.54, 1.807) is 0 Å². The molecule has 0 fully saturated rings. The summed E-state index contributed by atoms with van der Waals surface area (Å²) in [4.78, 5) is 0. The lowest BCUT2D eigenvalue weighted by molar-refractivity contribution is -0.00000422. The molecule has 0 radical (unpaired) electrons. The average molecular weight is 310 g/mol. The number of para-hydroxylation sites is 2. The van der Waals surface area contributed by atoms with E-state index >= 15 is 0 Å². The van der Waals surface area contributed by atoms with Crippen molar-refractivity contribution >= 4 is 11.4 Å². The van der Waals surface area contributed by atoms with Crippen LogP contribution in [0.15, 0.2) is 91.0 Å². The molecule has 112 valence electrons. The monoisotopic (exact) mass is 309 g/mol. The molecule has 0 atom stereocenters. The smallest absolute Gasteiger partial charge is 0.137 e. The highest BCUT2D eigenvalue weighted by atomic mass is 35.5. The van der Waals surface area contributed by atoms with E-state index in [2.05, 4.69) is 98.0 Å². The normalized spacial score (nSPS) is 10.8. The van der Waals surface area contributed by atoms with Crippen molar-refractivity contribution in [1.82, 2.24) is 4.48 Å². The van der Waals surface area contributed by atoms with Gasteiger partial charge in [-0.1, -0.05) is 66.7 Å². The Bertz CT molecular complexity index is 641. The van der Waals surface area contributed by atoms with Crippen LogP contribution in [0.3, 0.4) is 0 Å². The van der Waals surface area contributed by atoms with Gasteiger partial charge in [-0.15, -0.1) is 0 Å². The lowest BCUT2D eigenvalue weighted by Gasteiger charge is -2.33. The van der Waals surface area contributed by atoms with Gasteiger partial charge in [0, 0.05) is 5.56 Å². The van der Waals surface area contributed by atoms with Gasteiger partial charge in [-0.25, -0.2) is 0 Å². The summed E-state index contributed by atoms with van der Waals surface area (Å²) in [5, 5.41) is 0. The van der Waals surface area contributed by atoms with Gasteiger partial charge in [0.05, 0.1) is 7.05 Å². The predicted molar refractivity (Wildman–Crippen MR) is 90.4 cm³/mol. The Balaban J connectivity index is 0.00000176. The number of quaternary nitrogens is 1. The highest BCUT2D eigenvalue weighted by molar-refractivity contribution is 5.57. The minimum absolute atomic E-state index is 0. The van der Waals surface area contributed by atoms with E-state index in [0.29, 0.717) is 0 Å². The van der Waals surface area contributed by atoms with Crippen LogP contribution in [-0.4, -0.2) is 7.05 Å². The van der Waals surface area contributed by atoms with Crippen LogP contribution in [0.25, 0.3) is 0 Å². The summed E-state index contributed by atoms with van der Waals surface area (Å²) in [5.74, 6) is 0. The molecule has 3 rings (SSSR count). The molecule has 0 aliphatic rings. The van der Waals surface area contributed by atoms with Gasteiger partial charge < -0.3 is 12.4 Å². The Morgan fingerprint density at radius 1 is 0.591 bits per heavy atom. The molecule has 0 heterocycles. The van der Waals surface area contributed by atoms with Gasteiger partial charge in [-0.3, -0.25) is 4.48 Å². The van der Waals surface area contributed by atoms with Crippen molar-refractivity contribution in [2.75, 3.05) is 7.05 Å². The molecular weight excluding hydrogens is 290 g/mol. The van der Waals surface area contributed by atoms with Crippen molar-refractivity contribution in [3.63, 3.8) is 0 Å². The van der Waals surface area contributed by atoms with Crippen molar-refractivity contribution < 1.29 is 12.4 Å². The minimum atomic E-state index is 0. The summed E-state index contributed by atoms with van der Waals surface area (Å²) < 4.78 is 0.770. The predicted octanol–water partition coefficient (Wildman–Crippen LogP) is 2.16. The van der Waals surface area contributed by atoms with E-state index in [4.69, 9.17) is 0 Å². The van der Waals surface area contributed by atoms with Crippen LogP contribution in [0.5, 0.6) is 0 Å². The molecule has 0 saturated carbocycles. The van der Waals surface area contributed by atoms with Crippen LogP contribution in [0, 0.1) is 0 Å². The first-order chi connectivity index (χ1) is 10.3. The first-order valence-corrected chi connectivity index (χ1v) is 7.30. The molecule has 2 heteroatoms. The maximum atomic E-state index is 2.28. The second-order valence-electron chi connectivity index (χ2n) is 5.51. The highest BCUT2D eigenvalue weighted by Gasteiger charge is 2.28. The first kappa shape index (κ1) is 16.3. The standard InChI is InChI=1S/C20H20N.ClH/c1-21(19-13-7-3-8-14-19,20-15-9-4-10-16-20)17-18-11-5-2-6-12-18;/h2-16H,17H2,1H3;1H/q+1;/p-1. The lowest BCUT2D eigenvalue weighted by Crippen LogP contribution is -3.00. The van der Waals surface area contributed by atoms with Crippen molar-refractivity contribution in [2.24, 2.45) is 0 Å². The molecule has 0 spiro atoms. The molecule has 0 N–H and O–H groups in total. The zero-order chi connectivity index (χ0) is 14.5. The van der Waals surface area contributed by atoms with E-state index in [9.17, 15) is 0 Å². The second kappa shape index (κ2) is 7.26. The molecule has 0 saturated heterocycles. The maximum absolute atomic E-state index is 2.28. The van der Waals surface area contributed by atoms with Crippen LogP contribution in [0.4, 0.5) is 11.4 Å². The third-order valence-corrected chi connectivity index (χ3v) is 3.99. The Labute approximate surface area is 138 Å². The van der Waals surface area contributed by atoms with E-state index in [1.807, 2.05) is 0 Å². The first-order valence-electron chi connectivity index (χ1n) is 7.30. The van der Waals surface area contributed by atoms with Crippen LogP contribution in [0.1, 0.15) is 5.56 Å². The van der Waals surface area contributed by atoms with E-state index in [0.717, 1.165) is 11.0 Å². The number of nitrogens with zero attached hydrogens (tertiary/aromatic N) is 1. The molecular formula is C20H20ClN. The largest absolute Gasteiger partial charge is 1.00 e. The van der Waals surface area contributed by atoms with Gasteiger partial charge in [0.15, 0.2) is 0 Å². The van der Waals surface area contributed by atoms with Gasteiger partial charge in [0.2, 0.25) is 0 Å². The molecule has 22 heavy (non-hydrogen) atoms. The van der Waals surface area contributed by atoms with Gasteiger partial charge in [0.25, 0.3) is 0 Å². The van der Waals surface area contributed by atoms with Gasteiger partial charge in [-0.2, -0.15) is 0 Å². The summed E-state index contributed by atoms with van der Waals surface area (Å²) in [7, 11) is 2.28. The summed E-state index contributed by atoms with van der Waals surface area (Å²) in [6.07, 6.45) is 0. The number of hydrogen-bond donors (Lipinski definition) is 0. The fourth-order valence-electron chi connectivity index (χ4n) is 2.79. The van der Waals surface area contributed by atoms with Crippen LogP contribution >= 0.6 is 0 Å². The number of hydrogen-bond acceptors (Lipinski definition) is 0. The quantitative estimate of drug-likeness (QED) is 0.648. The van der Waals surface area contributed by atoms with E-state index in [-0.39, 0.29) is 12.4 Å². The van der Waals surface area contributed by atoms with Crippen molar-refractivity contribution in [2.45, 2.75) is 6.54 Å². The molecule has 3 aromatic rings. The topological polar surface area (TPSA) is 0 Å².